The Balaban J connectivity index is 1.70. The number of rotatable bonds is 8. The summed E-state index contributed by atoms with van der Waals surface area (Å²) in [5.41, 5.74) is 2.18. The Morgan fingerprint density at radius 2 is 1.39 bits per heavy atom. The number of ether oxygens (including phenoxy) is 2. The van der Waals surface area contributed by atoms with Crippen LogP contribution < -0.4 is 14.4 Å². The summed E-state index contributed by atoms with van der Waals surface area (Å²) in [6.45, 7) is 8.23. The van der Waals surface area contributed by atoms with Crippen molar-refractivity contribution in [2.45, 2.75) is 20.3 Å². The van der Waals surface area contributed by atoms with Crippen molar-refractivity contribution < 1.29 is 19.1 Å². The first-order valence-corrected chi connectivity index (χ1v) is 11.6. The van der Waals surface area contributed by atoms with Crippen molar-refractivity contribution in [1.82, 2.24) is 9.80 Å². The molecular formula is C26H31N3O4. The Labute approximate surface area is 195 Å². The van der Waals surface area contributed by atoms with Crippen molar-refractivity contribution in [3.63, 3.8) is 0 Å². The van der Waals surface area contributed by atoms with E-state index in [0.717, 1.165) is 30.8 Å². The molecule has 4 rings (SSSR count). The van der Waals surface area contributed by atoms with Gasteiger partial charge in [0, 0.05) is 26.2 Å². The number of nitrogens with zero attached hydrogens (tertiary/aromatic N) is 3. The lowest BCUT2D eigenvalue weighted by Gasteiger charge is -2.34. The standard InChI is InChI=1S/C26H31N3O4/c1-4-18-33-22-10-6-19(7-11-22)23-24(28-16-14-27(3)15-17-28)26(31)29(25(23)30)20-8-12-21(13-9-20)32-5-2/h6-13H,4-5,14-18H2,1-3H3. The normalized spacial score (nSPS) is 17.2. The summed E-state index contributed by atoms with van der Waals surface area (Å²) < 4.78 is 11.2. The minimum absolute atomic E-state index is 0.282. The lowest BCUT2D eigenvalue weighted by molar-refractivity contribution is -0.120. The highest BCUT2D eigenvalue weighted by atomic mass is 16.5. The van der Waals surface area contributed by atoms with E-state index in [0.29, 0.717) is 49.0 Å². The first-order chi connectivity index (χ1) is 16.0. The van der Waals surface area contributed by atoms with Gasteiger partial charge in [-0.2, -0.15) is 0 Å². The van der Waals surface area contributed by atoms with Crippen molar-refractivity contribution in [3.8, 4) is 11.5 Å². The van der Waals surface area contributed by atoms with Gasteiger partial charge in [0.15, 0.2) is 0 Å². The minimum atomic E-state index is -0.305. The van der Waals surface area contributed by atoms with E-state index in [1.54, 1.807) is 24.3 Å². The van der Waals surface area contributed by atoms with Gasteiger partial charge in [0.25, 0.3) is 11.8 Å². The molecule has 2 aromatic rings. The van der Waals surface area contributed by atoms with E-state index >= 15 is 0 Å². The van der Waals surface area contributed by atoms with Crippen molar-refractivity contribution in [3.05, 3.63) is 59.8 Å². The van der Waals surface area contributed by atoms with Crippen LogP contribution in [0.3, 0.4) is 0 Å². The SMILES string of the molecule is CCCOc1ccc(C2=C(N3CCN(C)CC3)C(=O)N(c3ccc(OCC)cc3)C2=O)cc1. The van der Waals surface area contributed by atoms with Gasteiger partial charge >= 0.3 is 0 Å². The second-order valence-electron chi connectivity index (χ2n) is 8.26. The number of piperazine rings is 1. The molecule has 1 fully saturated rings. The lowest BCUT2D eigenvalue weighted by atomic mass is 10.0. The van der Waals surface area contributed by atoms with Crippen LogP contribution in [0.5, 0.6) is 11.5 Å². The maximum Gasteiger partial charge on any atom is 0.282 e. The van der Waals surface area contributed by atoms with E-state index in [2.05, 4.69) is 18.9 Å². The fourth-order valence-corrected chi connectivity index (χ4v) is 4.13. The molecule has 2 aliphatic rings. The van der Waals surface area contributed by atoms with Crippen LogP contribution in [-0.2, 0) is 9.59 Å². The predicted octanol–water partition coefficient (Wildman–Crippen LogP) is 3.41. The smallest absolute Gasteiger partial charge is 0.282 e. The molecule has 0 aliphatic carbocycles. The number of imide groups is 1. The van der Waals surface area contributed by atoms with Crippen LogP contribution in [0.1, 0.15) is 25.8 Å². The number of anilines is 1. The molecule has 33 heavy (non-hydrogen) atoms. The molecule has 2 aliphatic heterocycles. The van der Waals surface area contributed by atoms with Crippen molar-refractivity contribution in [1.29, 1.82) is 0 Å². The monoisotopic (exact) mass is 449 g/mol. The van der Waals surface area contributed by atoms with Crippen LogP contribution >= 0.6 is 0 Å². The number of likely N-dealkylation sites (N-methyl/N-ethyl adjacent to an activating group) is 1. The fourth-order valence-electron chi connectivity index (χ4n) is 4.13. The Kier molecular flexibility index (Phi) is 6.99. The quantitative estimate of drug-likeness (QED) is 0.576. The van der Waals surface area contributed by atoms with Crippen LogP contribution in [0.2, 0.25) is 0 Å². The first-order valence-electron chi connectivity index (χ1n) is 11.6. The molecular weight excluding hydrogens is 418 g/mol. The van der Waals surface area contributed by atoms with Gasteiger partial charge in [-0.25, -0.2) is 4.90 Å². The number of carbonyl (C=O) groups excluding carboxylic acids is 2. The molecule has 0 aromatic heterocycles. The average molecular weight is 450 g/mol. The molecule has 0 radical (unpaired) electrons. The van der Waals surface area contributed by atoms with Gasteiger partial charge in [-0.3, -0.25) is 9.59 Å². The second kappa shape index (κ2) is 10.1. The van der Waals surface area contributed by atoms with Crippen LogP contribution in [0.4, 0.5) is 5.69 Å². The summed E-state index contributed by atoms with van der Waals surface area (Å²) in [5.74, 6) is 0.869. The van der Waals surface area contributed by atoms with Gasteiger partial charge in [0.05, 0.1) is 24.5 Å². The average Bonchev–Trinajstić information content (AvgIpc) is 3.09. The highest BCUT2D eigenvalue weighted by Gasteiger charge is 2.42. The second-order valence-corrected chi connectivity index (χ2v) is 8.26. The third-order valence-electron chi connectivity index (χ3n) is 5.90. The van der Waals surface area contributed by atoms with Crippen molar-refractivity contribution >= 4 is 23.1 Å². The van der Waals surface area contributed by atoms with Gasteiger partial charge in [0.2, 0.25) is 0 Å². The largest absolute Gasteiger partial charge is 0.494 e. The molecule has 174 valence electrons. The van der Waals surface area contributed by atoms with Crippen LogP contribution in [0, 0.1) is 0 Å². The van der Waals surface area contributed by atoms with Crippen LogP contribution in [0.15, 0.2) is 54.2 Å². The molecule has 2 amide bonds. The van der Waals surface area contributed by atoms with Crippen molar-refractivity contribution in [2.24, 2.45) is 0 Å². The number of benzene rings is 2. The Bertz CT molecular complexity index is 1020. The molecule has 2 aromatic carbocycles. The summed E-state index contributed by atoms with van der Waals surface area (Å²) in [4.78, 5) is 32.8. The van der Waals surface area contributed by atoms with Crippen LogP contribution in [0.25, 0.3) is 5.57 Å². The van der Waals surface area contributed by atoms with Gasteiger partial charge in [-0.1, -0.05) is 19.1 Å². The Hall–Kier alpha value is -3.32. The topological polar surface area (TPSA) is 62.3 Å². The van der Waals surface area contributed by atoms with E-state index in [4.69, 9.17) is 9.47 Å². The predicted molar refractivity (Wildman–Crippen MR) is 128 cm³/mol. The van der Waals surface area contributed by atoms with Gasteiger partial charge in [-0.05, 0) is 62.4 Å². The summed E-state index contributed by atoms with van der Waals surface area (Å²) in [7, 11) is 2.06. The fraction of sp³-hybridized carbons (Fsp3) is 0.385. The zero-order valence-corrected chi connectivity index (χ0v) is 19.5. The van der Waals surface area contributed by atoms with Gasteiger partial charge in [0.1, 0.15) is 17.2 Å². The van der Waals surface area contributed by atoms with Crippen LogP contribution in [-0.4, -0.2) is 68.1 Å². The van der Waals surface area contributed by atoms with E-state index in [1.165, 1.54) is 4.90 Å². The maximum atomic E-state index is 13.6. The van der Waals surface area contributed by atoms with E-state index < -0.39 is 0 Å². The maximum absolute atomic E-state index is 13.6. The molecule has 0 bridgehead atoms. The summed E-state index contributed by atoms with van der Waals surface area (Å²) in [5, 5.41) is 0. The minimum Gasteiger partial charge on any atom is -0.494 e. The first kappa shape index (κ1) is 22.9. The summed E-state index contributed by atoms with van der Waals surface area (Å²) >= 11 is 0. The lowest BCUT2D eigenvalue weighted by Crippen LogP contribution is -2.46. The Morgan fingerprint density at radius 1 is 0.788 bits per heavy atom. The molecule has 0 N–H and O–H groups in total. The molecule has 7 nitrogen and oxygen atoms in total. The van der Waals surface area contributed by atoms with E-state index in [9.17, 15) is 9.59 Å². The molecule has 2 heterocycles. The van der Waals surface area contributed by atoms with E-state index in [1.807, 2.05) is 36.1 Å². The number of hydrogen-bond acceptors (Lipinski definition) is 6. The third kappa shape index (κ3) is 4.73. The molecule has 1 saturated heterocycles. The van der Waals surface area contributed by atoms with Crippen molar-refractivity contribution in [2.75, 3.05) is 51.3 Å². The molecule has 7 heteroatoms. The zero-order valence-electron chi connectivity index (χ0n) is 19.5. The third-order valence-corrected chi connectivity index (χ3v) is 5.90. The highest BCUT2D eigenvalue weighted by molar-refractivity contribution is 6.45. The number of amides is 2. The molecule has 0 spiro atoms. The van der Waals surface area contributed by atoms with Gasteiger partial charge in [-0.15, -0.1) is 0 Å². The number of carbonyl (C=O) groups is 2. The Morgan fingerprint density at radius 3 is 2.00 bits per heavy atom. The van der Waals surface area contributed by atoms with E-state index in [-0.39, 0.29) is 11.8 Å². The molecule has 0 saturated carbocycles. The summed E-state index contributed by atoms with van der Waals surface area (Å²) in [6, 6.07) is 14.5. The van der Waals surface area contributed by atoms with Gasteiger partial charge < -0.3 is 19.3 Å². The zero-order chi connectivity index (χ0) is 23.4. The summed E-state index contributed by atoms with van der Waals surface area (Å²) in [6.07, 6.45) is 0.921. The molecule has 0 atom stereocenters. The highest BCUT2D eigenvalue weighted by Crippen LogP contribution is 2.36. The number of hydrogen-bond donors (Lipinski definition) is 0. The molecule has 0 unspecified atom stereocenters.